The molecule has 0 aromatic heterocycles. The number of carbonyl (C=O) groups is 2. The van der Waals surface area contributed by atoms with E-state index in [0.717, 1.165) is 11.1 Å². The van der Waals surface area contributed by atoms with Gasteiger partial charge in [-0.2, -0.15) is 0 Å². The first-order valence-corrected chi connectivity index (χ1v) is 7.52. The van der Waals surface area contributed by atoms with E-state index >= 15 is 0 Å². The average molecular weight is 311 g/mol. The van der Waals surface area contributed by atoms with E-state index in [4.69, 9.17) is 11.5 Å². The van der Waals surface area contributed by atoms with Crippen molar-refractivity contribution >= 4 is 11.8 Å². The largest absolute Gasteiger partial charge is 0.370 e. The number of nitrogens with one attached hydrogen (secondary N) is 1. The van der Waals surface area contributed by atoms with E-state index in [9.17, 15) is 9.59 Å². The Morgan fingerprint density at radius 2 is 1.39 bits per heavy atom. The summed E-state index contributed by atoms with van der Waals surface area (Å²) >= 11 is 0. The number of benzene rings is 2. The molecule has 0 aliphatic heterocycles. The SMILES string of the molecule is NC(=O)CC[C@H](N)C(=O)NC(c1ccccc1)c1ccccc1. The molecule has 0 bridgehead atoms. The molecule has 0 saturated heterocycles. The van der Waals surface area contributed by atoms with Crippen LogP contribution in [0.1, 0.15) is 30.0 Å². The molecule has 1 atom stereocenters. The van der Waals surface area contributed by atoms with Crippen molar-refractivity contribution in [1.29, 1.82) is 0 Å². The lowest BCUT2D eigenvalue weighted by molar-refractivity contribution is -0.123. The molecule has 0 fully saturated rings. The normalized spacial score (nSPS) is 11.9. The van der Waals surface area contributed by atoms with Gasteiger partial charge in [-0.15, -0.1) is 0 Å². The van der Waals surface area contributed by atoms with Crippen molar-refractivity contribution in [3.05, 3.63) is 71.8 Å². The van der Waals surface area contributed by atoms with Crippen LogP contribution in [-0.4, -0.2) is 17.9 Å². The highest BCUT2D eigenvalue weighted by Crippen LogP contribution is 2.21. The molecule has 5 nitrogen and oxygen atoms in total. The minimum atomic E-state index is -0.766. The summed E-state index contributed by atoms with van der Waals surface area (Å²) in [4.78, 5) is 23.2. The second-order valence-electron chi connectivity index (χ2n) is 5.37. The second-order valence-corrected chi connectivity index (χ2v) is 5.37. The Kier molecular flexibility index (Phi) is 5.88. The van der Waals surface area contributed by atoms with Crippen LogP contribution in [0.4, 0.5) is 0 Å². The van der Waals surface area contributed by atoms with Crippen LogP contribution in [0.3, 0.4) is 0 Å². The van der Waals surface area contributed by atoms with Crippen LogP contribution in [0.2, 0.25) is 0 Å². The summed E-state index contributed by atoms with van der Waals surface area (Å²) in [5, 5.41) is 2.96. The predicted octanol–water partition coefficient (Wildman–Crippen LogP) is 1.49. The maximum absolute atomic E-state index is 12.3. The van der Waals surface area contributed by atoms with Crippen molar-refractivity contribution in [2.75, 3.05) is 0 Å². The minimum Gasteiger partial charge on any atom is -0.370 e. The van der Waals surface area contributed by atoms with Crippen molar-refractivity contribution in [3.63, 3.8) is 0 Å². The van der Waals surface area contributed by atoms with E-state index in [1.165, 1.54) is 0 Å². The summed E-state index contributed by atoms with van der Waals surface area (Å²) < 4.78 is 0. The number of primary amides is 1. The van der Waals surface area contributed by atoms with Gasteiger partial charge in [0.2, 0.25) is 11.8 Å². The third-order valence-corrected chi connectivity index (χ3v) is 3.59. The average Bonchev–Trinajstić information content (AvgIpc) is 2.58. The highest BCUT2D eigenvalue weighted by atomic mass is 16.2. The molecular formula is C18H21N3O2. The molecule has 0 radical (unpaired) electrons. The van der Waals surface area contributed by atoms with E-state index in [-0.39, 0.29) is 24.8 Å². The fraction of sp³-hybridized carbons (Fsp3) is 0.222. The second kappa shape index (κ2) is 8.10. The summed E-state index contributed by atoms with van der Waals surface area (Å²) in [6, 6.07) is 18.3. The first-order valence-electron chi connectivity index (χ1n) is 7.52. The molecule has 2 aromatic rings. The number of rotatable bonds is 7. The van der Waals surface area contributed by atoms with Crippen LogP contribution in [0.25, 0.3) is 0 Å². The van der Waals surface area contributed by atoms with Gasteiger partial charge in [0.05, 0.1) is 12.1 Å². The molecule has 2 amide bonds. The Labute approximate surface area is 135 Å². The quantitative estimate of drug-likeness (QED) is 0.722. The summed E-state index contributed by atoms with van der Waals surface area (Å²) in [7, 11) is 0. The van der Waals surface area contributed by atoms with E-state index in [0.29, 0.717) is 0 Å². The van der Waals surface area contributed by atoms with Gasteiger partial charge in [-0.25, -0.2) is 0 Å². The van der Waals surface area contributed by atoms with Crippen molar-refractivity contribution < 1.29 is 9.59 Å². The third kappa shape index (κ3) is 4.93. The molecule has 5 heteroatoms. The fourth-order valence-electron chi connectivity index (χ4n) is 2.33. The zero-order chi connectivity index (χ0) is 16.7. The van der Waals surface area contributed by atoms with Gasteiger partial charge >= 0.3 is 0 Å². The summed E-state index contributed by atoms with van der Waals surface area (Å²) in [6.07, 6.45) is 0.327. The number of amides is 2. The van der Waals surface area contributed by atoms with Crippen LogP contribution >= 0.6 is 0 Å². The Morgan fingerprint density at radius 3 is 1.83 bits per heavy atom. The van der Waals surface area contributed by atoms with Gasteiger partial charge in [0.1, 0.15) is 0 Å². The van der Waals surface area contributed by atoms with E-state index in [2.05, 4.69) is 5.32 Å². The van der Waals surface area contributed by atoms with Crippen molar-refractivity contribution in [2.24, 2.45) is 11.5 Å². The lowest BCUT2D eigenvalue weighted by Gasteiger charge is -2.22. The van der Waals surface area contributed by atoms with Crippen LogP contribution in [-0.2, 0) is 9.59 Å². The van der Waals surface area contributed by atoms with Crippen LogP contribution < -0.4 is 16.8 Å². The molecule has 23 heavy (non-hydrogen) atoms. The molecule has 0 unspecified atom stereocenters. The highest BCUT2D eigenvalue weighted by molar-refractivity contribution is 5.83. The Morgan fingerprint density at radius 1 is 0.913 bits per heavy atom. The lowest BCUT2D eigenvalue weighted by atomic mass is 9.98. The van der Waals surface area contributed by atoms with Crippen LogP contribution in [0.5, 0.6) is 0 Å². The molecule has 0 heterocycles. The van der Waals surface area contributed by atoms with Gasteiger partial charge in [0.25, 0.3) is 0 Å². The van der Waals surface area contributed by atoms with Gasteiger partial charge in [0.15, 0.2) is 0 Å². The summed E-state index contributed by atoms with van der Waals surface area (Å²) in [5.41, 5.74) is 12.9. The maximum Gasteiger partial charge on any atom is 0.237 e. The molecule has 0 spiro atoms. The van der Waals surface area contributed by atoms with Gasteiger partial charge in [-0.1, -0.05) is 60.7 Å². The van der Waals surface area contributed by atoms with Gasteiger partial charge in [-0.3, -0.25) is 9.59 Å². The molecule has 2 rings (SSSR count). The molecule has 2 aromatic carbocycles. The number of hydrogen-bond acceptors (Lipinski definition) is 3. The lowest BCUT2D eigenvalue weighted by Crippen LogP contribution is -2.43. The first kappa shape index (κ1) is 16.7. The monoisotopic (exact) mass is 311 g/mol. The van der Waals surface area contributed by atoms with Crippen LogP contribution in [0, 0.1) is 0 Å². The fourth-order valence-corrected chi connectivity index (χ4v) is 2.33. The van der Waals surface area contributed by atoms with Gasteiger partial charge in [0, 0.05) is 6.42 Å². The Balaban J connectivity index is 2.15. The van der Waals surface area contributed by atoms with E-state index < -0.39 is 11.9 Å². The zero-order valence-corrected chi connectivity index (χ0v) is 12.8. The molecular weight excluding hydrogens is 290 g/mol. The first-order chi connectivity index (χ1) is 11.1. The van der Waals surface area contributed by atoms with Crippen molar-refractivity contribution in [2.45, 2.75) is 24.9 Å². The number of carbonyl (C=O) groups excluding carboxylic acids is 2. The zero-order valence-electron chi connectivity index (χ0n) is 12.8. The molecule has 0 aliphatic rings. The smallest absolute Gasteiger partial charge is 0.237 e. The molecule has 120 valence electrons. The minimum absolute atomic E-state index is 0.0932. The summed E-state index contributed by atoms with van der Waals surface area (Å²) in [5.74, 6) is -0.764. The number of nitrogens with two attached hydrogens (primary N) is 2. The molecule has 0 aliphatic carbocycles. The predicted molar refractivity (Wildman–Crippen MR) is 89.3 cm³/mol. The Bertz CT molecular complexity index is 604. The van der Waals surface area contributed by atoms with Gasteiger partial charge in [-0.05, 0) is 17.5 Å². The highest BCUT2D eigenvalue weighted by Gasteiger charge is 2.20. The molecule has 5 N–H and O–H groups in total. The molecule has 0 saturated carbocycles. The van der Waals surface area contributed by atoms with Crippen molar-refractivity contribution in [1.82, 2.24) is 5.32 Å². The third-order valence-electron chi connectivity index (χ3n) is 3.59. The topological polar surface area (TPSA) is 98.2 Å². The van der Waals surface area contributed by atoms with Crippen molar-refractivity contribution in [3.8, 4) is 0 Å². The van der Waals surface area contributed by atoms with E-state index in [1.54, 1.807) is 0 Å². The Hall–Kier alpha value is -2.66. The number of hydrogen-bond donors (Lipinski definition) is 3. The maximum atomic E-state index is 12.3. The van der Waals surface area contributed by atoms with E-state index in [1.807, 2.05) is 60.7 Å². The van der Waals surface area contributed by atoms with Gasteiger partial charge < -0.3 is 16.8 Å². The van der Waals surface area contributed by atoms with Crippen LogP contribution in [0.15, 0.2) is 60.7 Å². The standard InChI is InChI=1S/C18H21N3O2/c19-15(11-12-16(20)22)18(23)21-17(13-7-3-1-4-8-13)14-9-5-2-6-10-14/h1-10,15,17H,11-12,19H2,(H2,20,22)(H,21,23)/t15-/m0/s1. The summed E-state index contributed by atoms with van der Waals surface area (Å²) in [6.45, 7) is 0.